The van der Waals surface area contributed by atoms with Crippen molar-refractivity contribution in [2.75, 3.05) is 31.1 Å². The fraction of sp³-hybridized carbons (Fsp3) is 0.500. The second-order valence-electron chi connectivity index (χ2n) is 6.08. The van der Waals surface area contributed by atoms with Crippen molar-refractivity contribution in [2.45, 2.75) is 26.8 Å². The highest BCUT2D eigenvalue weighted by Crippen LogP contribution is 2.27. The number of hydrogen-bond acceptors (Lipinski definition) is 7. The summed E-state index contributed by atoms with van der Waals surface area (Å²) in [5, 5.41) is 5.13. The second kappa shape index (κ2) is 6.20. The fourth-order valence-electron chi connectivity index (χ4n) is 3.25. The summed E-state index contributed by atoms with van der Waals surface area (Å²) in [6.45, 7) is 8.46. The average Bonchev–Trinajstić information content (AvgIpc) is 3.21. The van der Waals surface area contributed by atoms with Crippen LogP contribution in [0.4, 0.5) is 5.82 Å². The first-order valence-corrected chi connectivity index (χ1v) is 8.32. The fourth-order valence-corrected chi connectivity index (χ4v) is 3.25. The predicted molar refractivity (Wildman–Crippen MR) is 89.8 cm³/mol. The molecule has 126 valence electrons. The summed E-state index contributed by atoms with van der Waals surface area (Å²) in [6.07, 6.45) is 4.65. The molecule has 1 fully saturated rings. The maximum Gasteiger partial charge on any atom is 0.223 e. The largest absolute Gasteiger partial charge is 0.353 e. The van der Waals surface area contributed by atoms with Crippen LogP contribution in [-0.2, 0) is 13.0 Å². The molecule has 24 heavy (non-hydrogen) atoms. The Morgan fingerprint density at radius 3 is 2.75 bits per heavy atom. The van der Waals surface area contributed by atoms with Gasteiger partial charge < -0.3 is 14.4 Å². The van der Waals surface area contributed by atoms with Gasteiger partial charge in [0.1, 0.15) is 17.8 Å². The molecule has 4 heterocycles. The standard InChI is InChI=1S/C16H21N7O/c1-3-12-8-17-15-14(12)16(19-10-18-15)23-6-4-22(5-7-23)9-13-20-11(2)24-21-13/h8,10H,3-7,9H2,1-2H3,(H,17,18,19). The zero-order chi connectivity index (χ0) is 16.5. The van der Waals surface area contributed by atoms with Crippen LogP contribution in [0.15, 0.2) is 17.0 Å². The van der Waals surface area contributed by atoms with Crippen LogP contribution in [0.3, 0.4) is 0 Å². The van der Waals surface area contributed by atoms with Crippen LogP contribution >= 0.6 is 0 Å². The topological polar surface area (TPSA) is 87.0 Å². The first kappa shape index (κ1) is 15.1. The molecule has 4 rings (SSSR count). The number of fused-ring (bicyclic) bond motifs is 1. The highest BCUT2D eigenvalue weighted by Gasteiger charge is 2.22. The molecule has 1 N–H and O–H groups in total. The minimum atomic E-state index is 0.617. The van der Waals surface area contributed by atoms with Gasteiger partial charge in [-0.3, -0.25) is 4.90 Å². The summed E-state index contributed by atoms with van der Waals surface area (Å²) in [4.78, 5) is 21.1. The van der Waals surface area contributed by atoms with Crippen molar-refractivity contribution in [3.05, 3.63) is 29.8 Å². The minimum absolute atomic E-state index is 0.617. The summed E-state index contributed by atoms with van der Waals surface area (Å²) in [5.41, 5.74) is 2.19. The van der Waals surface area contributed by atoms with Crippen LogP contribution in [0.1, 0.15) is 24.2 Å². The smallest absolute Gasteiger partial charge is 0.223 e. The molecule has 3 aromatic rings. The lowest BCUT2D eigenvalue weighted by Crippen LogP contribution is -2.46. The molecule has 0 unspecified atom stereocenters. The first-order chi connectivity index (χ1) is 11.7. The van der Waals surface area contributed by atoms with E-state index in [0.29, 0.717) is 5.89 Å². The molecule has 0 amide bonds. The number of H-pyrrole nitrogens is 1. The number of hydrogen-bond donors (Lipinski definition) is 1. The van der Waals surface area contributed by atoms with Gasteiger partial charge in [-0.1, -0.05) is 12.1 Å². The van der Waals surface area contributed by atoms with Gasteiger partial charge in [0.05, 0.1) is 11.9 Å². The second-order valence-corrected chi connectivity index (χ2v) is 6.08. The van der Waals surface area contributed by atoms with Crippen molar-refractivity contribution in [3.8, 4) is 0 Å². The van der Waals surface area contributed by atoms with Gasteiger partial charge in [0.25, 0.3) is 0 Å². The third kappa shape index (κ3) is 2.73. The lowest BCUT2D eigenvalue weighted by atomic mass is 10.1. The maximum atomic E-state index is 5.04. The third-order valence-corrected chi connectivity index (χ3v) is 4.52. The van der Waals surface area contributed by atoms with Crippen molar-refractivity contribution in [1.82, 2.24) is 30.0 Å². The molecule has 0 bridgehead atoms. The van der Waals surface area contributed by atoms with Gasteiger partial charge in [0.15, 0.2) is 5.82 Å². The van der Waals surface area contributed by atoms with Gasteiger partial charge in [0, 0.05) is 39.3 Å². The maximum absolute atomic E-state index is 5.04. The number of rotatable bonds is 4. The minimum Gasteiger partial charge on any atom is -0.353 e. The highest BCUT2D eigenvalue weighted by molar-refractivity contribution is 5.90. The van der Waals surface area contributed by atoms with E-state index in [-0.39, 0.29) is 0 Å². The number of aryl methyl sites for hydroxylation is 2. The molecule has 3 aromatic heterocycles. The third-order valence-electron chi connectivity index (χ3n) is 4.52. The number of aromatic nitrogens is 5. The molecule has 1 aliphatic heterocycles. The summed E-state index contributed by atoms with van der Waals surface area (Å²) < 4.78 is 5.04. The van der Waals surface area contributed by atoms with Crippen LogP contribution in [0.5, 0.6) is 0 Å². The highest BCUT2D eigenvalue weighted by atomic mass is 16.5. The summed E-state index contributed by atoms with van der Waals surface area (Å²) >= 11 is 0. The van der Waals surface area contributed by atoms with Crippen LogP contribution in [0, 0.1) is 6.92 Å². The van der Waals surface area contributed by atoms with Crippen molar-refractivity contribution in [3.63, 3.8) is 0 Å². The lowest BCUT2D eigenvalue weighted by Gasteiger charge is -2.35. The molecule has 0 aromatic carbocycles. The van der Waals surface area contributed by atoms with Crippen LogP contribution in [0.2, 0.25) is 0 Å². The van der Waals surface area contributed by atoms with Gasteiger partial charge in [-0.25, -0.2) is 9.97 Å². The molecule has 0 radical (unpaired) electrons. The summed E-state index contributed by atoms with van der Waals surface area (Å²) in [6, 6.07) is 0. The van der Waals surface area contributed by atoms with Gasteiger partial charge >= 0.3 is 0 Å². The van der Waals surface area contributed by atoms with E-state index in [1.165, 1.54) is 5.56 Å². The Hall–Kier alpha value is -2.48. The van der Waals surface area contributed by atoms with E-state index in [4.69, 9.17) is 4.52 Å². The van der Waals surface area contributed by atoms with E-state index in [1.807, 2.05) is 13.1 Å². The molecule has 1 saturated heterocycles. The molecule has 0 atom stereocenters. The van der Waals surface area contributed by atoms with E-state index in [0.717, 1.165) is 61.8 Å². The zero-order valence-electron chi connectivity index (χ0n) is 14.0. The number of nitrogens with zero attached hydrogens (tertiary/aromatic N) is 6. The Labute approximate surface area is 139 Å². The van der Waals surface area contributed by atoms with Crippen molar-refractivity contribution in [1.29, 1.82) is 0 Å². The Bertz CT molecular complexity index is 832. The SMILES string of the molecule is CCc1c[nH]c2ncnc(N3CCN(Cc4noc(C)n4)CC3)c12. The van der Waals surface area contributed by atoms with E-state index >= 15 is 0 Å². The Kier molecular flexibility index (Phi) is 3.89. The van der Waals surface area contributed by atoms with E-state index in [2.05, 4.69) is 41.8 Å². The van der Waals surface area contributed by atoms with E-state index < -0.39 is 0 Å². The molecule has 8 heteroatoms. The molecule has 8 nitrogen and oxygen atoms in total. The molecular weight excluding hydrogens is 306 g/mol. The van der Waals surface area contributed by atoms with Crippen LogP contribution in [0.25, 0.3) is 11.0 Å². The molecular formula is C16H21N7O. The number of nitrogens with one attached hydrogen (secondary N) is 1. The number of piperazine rings is 1. The Morgan fingerprint density at radius 1 is 1.21 bits per heavy atom. The van der Waals surface area contributed by atoms with Gasteiger partial charge in [-0.05, 0) is 12.0 Å². The zero-order valence-corrected chi connectivity index (χ0v) is 14.0. The van der Waals surface area contributed by atoms with Crippen LogP contribution in [-0.4, -0.2) is 56.2 Å². The lowest BCUT2D eigenvalue weighted by molar-refractivity contribution is 0.239. The Balaban J connectivity index is 1.49. The molecule has 0 spiro atoms. The van der Waals surface area contributed by atoms with Gasteiger partial charge in [-0.2, -0.15) is 4.98 Å². The van der Waals surface area contributed by atoms with E-state index in [1.54, 1.807) is 6.33 Å². The normalized spacial score (nSPS) is 16.2. The van der Waals surface area contributed by atoms with Gasteiger partial charge in [0.2, 0.25) is 5.89 Å². The summed E-state index contributed by atoms with van der Waals surface area (Å²) in [5.74, 6) is 2.41. The number of anilines is 1. The number of aromatic amines is 1. The monoisotopic (exact) mass is 327 g/mol. The predicted octanol–water partition coefficient (Wildman–Crippen LogP) is 1.53. The summed E-state index contributed by atoms with van der Waals surface area (Å²) in [7, 11) is 0. The molecule has 0 aliphatic carbocycles. The van der Waals surface area contributed by atoms with Crippen LogP contribution < -0.4 is 4.90 Å². The van der Waals surface area contributed by atoms with Crippen molar-refractivity contribution < 1.29 is 4.52 Å². The van der Waals surface area contributed by atoms with Crippen molar-refractivity contribution >= 4 is 16.9 Å². The average molecular weight is 327 g/mol. The van der Waals surface area contributed by atoms with E-state index in [9.17, 15) is 0 Å². The van der Waals surface area contributed by atoms with Gasteiger partial charge in [-0.15, -0.1) is 0 Å². The Morgan fingerprint density at radius 2 is 2.04 bits per heavy atom. The first-order valence-electron chi connectivity index (χ1n) is 8.32. The van der Waals surface area contributed by atoms with Crippen molar-refractivity contribution in [2.24, 2.45) is 0 Å². The molecule has 0 saturated carbocycles. The quantitative estimate of drug-likeness (QED) is 0.777. The molecule has 1 aliphatic rings.